The quantitative estimate of drug-likeness (QED) is 0.787. The van der Waals surface area contributed by atoms with Crippen LogP contribution in [0.4, 0.5) is 0 Å². The topological polar surface area (TPSA) is 33.2 Å². The molecule has 2 saturated heterocycles. The van der Waals surface area contributed by atoms with Gasteiger partial charge >= 0.3 is 0 Å². The maximum Gasteiger partial charge on any atom is 0.166 e. The molecule has 2 fully saturated rings. The Morgan fingerprint density at radius 1 is 1.17 bits per heavy atom. The summed E-state index contributed by atoms with van der Waals surface area (Å²) in [7, 11) is 2.24. The van der Waals surface area contributed by atoms with Gasteiger partial charge in [-0.3, -0.25) is 9.78 Å². The Morgan fingerprint density at radius 2 is 1.91 bits per heavy atom. The zero-order chi connectivity index (χ0) is 16.0. The molecule has 3 nitrogen and oxygen atoms in total. The number of hydrogen-bond acceptors (Lipinski definition) is 3. The second kappa shape index (κ2) is 5.72. The van der Waals surface area contributed by atoms with Crippen molar-refractivity contribution >= 4 is 16.7 Å². The summed E-state index contributed by atoms with van der Waals surface area (Å²) >= 11 is 0. The Bertz CT molecular complexity index is 740. The monoisotopic (exact) mass is 308 g/mol. The SMILES string of the molecule is Cc1c(C(=O)C2CC3CCCC(C2)N3C)ccc2cccnc12. The molecule has 0 spiro atoms. The number of hydrogen-bond donors (Lipinski definition) is 0. The molecule has 3 heteroatoms. The maximum atomic E-state index is 13.2. The fourth-order valence-electron chi connectivity index (χ4n) is 4.61. The van der Waals surface area contributed by atoms with Crippen LogP contribution in [0.15, 0.2) is 30.5 Å². The van der Waals surface area contributed by atoms with E-state index in [-0.39, 0.29) is 5.92 Å². The van der Waals surface area contributed by atoms with Crippen LogP contribution in [0.1, 0.15) is 48.0 Å². The van der Waals surface area contributed by atoms with Crippen molar-refractivity contribution in [2.45, 2.75) is 51.1 Å². The molecule has 0 aliphatic carbocycles. The predicted octanol–water partition coefficient (Wildman–Crippen LogP) is 3.99. The largest absolute Gasteiger partial charge is 0.300 e. The van der Waals surface area contributed by atoms with Crippen LogP contribution in [0.5, 0.6) is 0 Å². The number of Topliss-reactive ketones (excluding diaryl/α,β-unsaturated/α-hetero) is 1. The fraction of sp³-hybridized carbons (Fsp3) is 0.500. The number of aryl methyl sites for hydroxylation is 1. The van der Waals surface area contributed by atoms with Crippen LogP contribution in [0.25, 0.3) is 10.9 Å². The van der Waals surface area contributed by atoms with E-state index in [1.807, 2.05) is 31.3 Å². The number of piperidine rings is 2. The minimum absolute atomic E-state index is 0.182. The van der Waals surface area contributed by atoms with Crippen molar-refractivity contribution in [3.05, 3.63) is 41.6 Å². The van der Waals surface area contributed by atoms with Crippen molar-refractivity contribution < 1.29 is 4.79 Å². The Labute approximate surface area is 137 Å². The molecule has 2 aliphatic rings. The summed E-state index contributed by atoms with van der Waals surface area (Å²) in [5.74, 6) is 0.515. The van der Waals surface area contributed by atoms with E-state index >= 15 is 0 Å². The van der Waals surface area contributed by atoms with Crippen LogP contribution >= 0.6 is 0 Å². The van der Waals surface area contributed by atoms with Crippen molar-refractivity contribution in [3.63, 3.8) is 0 Å². The lowest BCUT2D eigenvalue weighted by atomic mass is 9.75. The lowest BCUT2D eigenvalue weighted by Gasteiger charge is -2.46. The Hall–Kier alpha value is -1.74. The first-order valence-corrected chi connectivity index (χ1v) is 8.75. The summed E-state index contributed by atoms with van der Waals surface area (Å²) in [4.78, 5) is 20.1. The van der Waals surface area contributed by atoms with E-state index in [2.05, 4.69) is 23.0 Å². The van der Waals surface area contributed by atoms with E-state index in [1.54, 1.807) is 0 Å². The number of ketones is 1. The van der Waals surface area contributed by atoms with E-state index in [9.17, 15) is 4.79 Å². The van der Waals surface area contributed by atoms with E-state index < -0.39 is 0 Å². The molecule has 2 atom stereocenters. The molecule has 0 N–H and O–H groups in total. The van der Waals surface area contributed by atoms with Gasteiger partial charge < -0.3 is 4.90 Å². The van der Waals surface area contributed by atoms with Gasteiger partial charge in [0.2, 0.25) is 0 Å². The normalized spacial score (nSPS) is 28.0. The molecule has 1 aromatic heterocycles. The summed E-state index contributed by atoms with van der Waals surface area (Å²) in [6, 6.07) is 9.24. The third kappa shape index (κ3) is 2.47. The molecule has 1 aromatic carbocycles. The molecule has 3 heterocycles. The summed E-state index contributed by atoms with van der Waals surface area (Å²) in [5.41, 5.74) is 2.88. The first-order chi connectivity index (χ1) is 11.1. The number of carbonyl (C=O) groups is 1. The first-order valence-electron chi connectivity index (χ1n) is 8.75. The van der Waals surface area contributed by atoms with Gasteiger partial charge in [0.1, 0.15) is 0 Å². The van der Waals surface area contributed by atoms with Crippen molar-refractivity contribution in [2.75, 3.05) is 7.05 Å². The molecule has 2 unspecified atom stereocenters. The summed E-state index contributed by atoms with van der Waals surface area (Å²) in [5, 5.41) is 1.11. The highest BCUT2D eigenvalue weighted by Gasteiger charge is 2.39. The maximum absolute atomic E-state index is 13.2. The lowest BCUT2D eigenvalue weighted by Crippen LogP contribution is -2.51. The Balaban J connectivity index is 1.66. The van der Waals surface area contributed by atoms with Gasteiger partial charge in [0.15, 0.2) is 5.78 Å². The molecule has 0 saturated carbocycles. The highest BCUT2D eigenvalue weighted by atomic mass is 16.1. The molecule has 2 bridgehead atoms. The molecule has 23 heavy (non-hydrogen) atoms. The van der Waals surface area contributed by atoms with Crippen molar-refractivity contribution in [3.8, 4) is 0 Å². The number of fused-ring (bicyclic) bond motifs is 3. The number of aromatic nitrogens is 1. The molecule has 0 radical (unpaired) electrons. The molecule has 2 aliphatic heterocycles. The van der Waals surface area contributed by atoms with Gasteiger partial charge in [0.25, 0.3) is 0 Å². The fourth-order valence-corrected chi connectivity index (χ4v) is 4.61. The van der Waals surface area contributed by atoms with E-state index in [1.165, 1.54) is 19.3 Å². The summed E-state index contributed by atoms with van der Waals surface area (Å²) < 4.78 is 0. The number of pyridine rings is 1. The van der Waals surface area contributed by atoms with Crippen molar-refractivity contribution in [2.24, 2.45) is 5.92 Å². The van der Waals surface area contributed by atoms with Crippen molar-refractivity contribution in [1.29, 1.82) is 0 Å². The predicted molar refractivity (Wildman–Crippen MR) is 92.7 cm³/mol. The lowest BCUT2D eigenvalue weighted by molar-refractivity contribution is 0.0338. The Kier molecular flexibility index (Phi) is 3.68. The highest BCUT2D eigenvalue weighted by molar-refractivity contribution is 6.03. The van der Waals surface area contributed by atoms with E-state index in [0.29, 0.717) is 17.9 Å². The molecule has 2 aromatic rings. The summed E-state index contributed by atoms with van der Waals surface area (Å²) in [6.45, 7) is 2.04. The number of rotatable bonds is 2. The summed E-state index contributed by atoms with van der Waals surface area (Å²) in [6.07, 6.45) is 7.66. The number of nitrogens with zero attached hydrogens (tertiary/aromatic N) is 2. The Morgan fingerprint density at radius 3 is 2.65 bits per heavy atom. The second-order valence-electron chi connectivity index (χ2n) is 7.25. The van der Waals surface area contributed by atoms with E-state index in [0.717, 1.165) is 34.9 Å². The second-order valence-corrected chi connectivity index (χ2v) is 7.25. The van der Waals surface area contributed by atoms with Crippen LogP contribution in [-0.2, 0) is 0 Å². The van der Waals surface area contributed by atoms with Crippen LogP contribution in [0.3, 0.4) is 0 Å². The molecular weight excluding hydrogens is 284 g/mol. The van der Waals surface area contributed by atoms with Gasteiger partial charge in [-0.1, -0.05) is 24.6 Å². The van der Waals surface area contributed by atoms with Gasteiger partial charge in [0.05, 0.1) is 5.52 Å². The van der Waals surface area contributed by atoms with Crippen LogP contribution in [0.2, 0.25) is 0 Å². The average Bonchev–Trinajstić information content (AvgIpc) is 2.55. The molecule has 4 rings (SSSR count). The smallest absolute Gasteiger partial charge is 0.166 e. The van der Waals surface area contributed by atoms with Crippen LogP contribution < -0.4 is 0 Å². The molecule has 0 amide bonds. The minimum Gasteiger partial charge on any atom is -0.300 e. The molecular formula is C20H24N2O. The molecule has 120 valence electrons. The van der Waals surface area contributed by atoms with Gasteiger partial charge in [-0.2, -0.15) is 0 Å². The van der Waals surface area contributed by atoms with Gasteiger partial charge in [-0.15, -0.1) is 0 Å². The van der Waals surface area contributed by atoms with Crippen LogP contribution in [0, 0.1) is 12.8 Å². The van der Waals surface area contributed by atoms with Crippen molar-refractivity contribution in [1.82, 2.24) is 9.88 Å². The highest BCUT2D eigenvalue weighted by Crippen LogP contribution is 2.37. The zero-order valence-electron chi connectivity index (χ0n) is 14.0. The average molecular weight is 308 g/mol. The number of carbonyl (C=O) groups excluding carboxylic acids is 1. The third-order valence-corrected chi connectivity index (χ3v) is 6.00. The van der Waals surface area contributed by atoms with Crippen LogP contribution in [-0.4, -0.2) is 34.8 Å². The zero-order valence-corrected chi connectivity index (χ0v) is 14.0. The van der Waals surface area contributed by atoms with E-state index in [4.69, 9.17) is 0 Å². The standard InChI is InChI=1S/C20H24N2O/c1-13-18(9-8-14-5-4-10-21-19(13)14)20(23)15-11-16-6-3-7-17(12-15)22(16)2/h4-5,8-10,15-17H,3,6-7,11-12H2,1-2H3. The first kappa shape index (κ1) is 14.8. The third-order valence-electron chi connectivity index (χ3n) is 6.00. The van der Waals surface area contributed by atoms with Gasteiger partial charge in [-0.25, -0.2) is 0 Å². The van der Waals surface area contributed by atoms with Gasteiger partial charge in [-0.05, 0) is 51.3 Å². The minimum atomic E-state index is 0.182. The van der Waals surface area contributed by atoms with Gasteiger partial charge in [0, 0.05) is 35.1 Å². The number of benzene rings is 1.